The van der Waals surface area contributed by atoms with Crippen molar-refractivity contribution in [2.45, 2.75) is 84.9 Å². The van der Waals surface area contributed by atoms with Gasteiger partial charge < -0.3 is 56.6 Å². The first-order valence-electron chi connectivity index (χ1n) is 17.0. The van der Waals surface area contributed by atoms with Crippen LogP contribution in [0.4, 0.5) is 15.3 Å². The lowest BCUT2D eigenvalue weighted by atomic mass is 10.0. The second-order valence-electron chi connectivity index (χ2n) is 13.0. The molecule has 0 aliphatic carbocycles. The lowest BCUT2D eigenvalue weighted by Crippen LogP contribution is -2.54. The highest BCUT2D eigenvalue weighted by molar-refractivity contribution is 5.99. The molecule has 292 valence electrons. The van der Waals surface area contributed by atoms with Gasteiger partial charge in [-0.15, -0.1) is 0 Å². The van der Waals surface area contributed by atoms with Crippen molar-refractivity contribution in [1.29, 1.82) is 0 Å². The number of alkyl carbamates (subject to hydrolysis) is 1. The SMILES string of the molecule is COC(=O)c1ccc(NC(=O)[C@H](CCCNC(N)=O)NC(=O)[C@@H](NC(C)=O)C(C)C)cc1OCC(=O)NCCCOCCCNC(=O)OC(C)(C)C. The number of rotatable bonds is 22. The van der Waals surface area contributed by atoms with Crippen LogP contribution < -0.4 is 42.4 Å². The minimum absolute atomic E-state index is 0.000295. The van der Waals surface area contributed by atoms with E-state index in [1.165, 1.54) is 32.2 Å². The number of anilines is 1. The Balaban J connectivity index is 2.79. The van der Waals surface area contributed by atoms with Crippen LogP contribution >= 0.6 is 0 Å². The molecule has 8 N–H and O–H groups in total. The molecule has 1 aromatic carbocycles. The highest BCUT2D eigenvalue weighted by atomic mass is 16.6. The van der Waals surface area contributed by atoms with Crippen LogP contribution in [0.2, 0.25) is 0 Å². The molecule has 1 aromatic rings. The summed E-state index contributed by atoms with van der Waals surface area (Å²) in [6.07, 6.45) is 0.980. The summed E-state index contributed by atoms with van der Waals surface area (Å²) in [5.41, 5.74) is 4.73. The van der Waals surface area contributed by atoms with Gasteiger partial charge in [-0.3, -0.25) is 19.2 Å². The Kier molecular flexibility index (Phi) is 20.2. The third-order valence-electron chi connectivity index (χ3n) is 6.84. The average Bonchev–Trinajstić information content (AvgIpc) is 3.05. The van der Waals surface area contributed by atoms with Crippen LogP contribution in [0.5, 0.6) is 5.75 Å². The Morgan fingerprint density at radius 3 is 2.06 bits per heavy atom. The monoisotopic (exact) mass is 737 g/mol. The van der Waals surface area contributed by atoms with Crippen LogP contribution in [0.1, 0.15) is 77.6 Å². The molecule has 0 saturated carbocycles. The second kappa shape index (κ2) is 23.4. The summed E-state index contributed by atoms with van der Waals surface area (Å²) in [5.74, 6) is -3.17. The Morgan fingerprint density at radius 2 is 1.48 bits per heavy atom. The van der Waals surface area contributed by atoms with Gasteiger partial charge in [0.05, 0.1) is 7.11 Å². The van der Waals surface area contributed by atoms with E-state index in [-0.39, 0.29) is 42.3 Å². The zero-order valence-electron chi connectivity index (χ0n) is 31.1. The van der Waals surface area contributed by atoms with Crippen molar-refractivity contribution in [3.8, 4) is 5.75 Å². The molecule has 0 heterocycles. The molecule has 18 nitrogen and oxygen atoms in total. The van der Waals surface area contributed by atoms with E-state index in [1.54, 1.807) is 34.6 Å². The van der Waals surface area contributed by atoms with Crippen molar-refractivity contribution in [3.63, 3.8) is 0 Å². The fourth-order valence-corrected chi connectivity index (χ4v) is 4.41. The molecule has 0 aromatic heterocycles. The van der Waals surface area contributed by atoms with E-state index in [2.05, 4.69) is 31.9 Å². The van der Waals surface area contributed by atoms with E-state index in [0.29, 0.717) is 39.1 Å². The van der Waals surface area contributed by atoms with Gasteiger partial charge in [-0.05, 0) is 64.5 Å². The standard InChI is InChI=1S/C34H55N7O11/c1-21(2)28(39-22(3)42)30(45)41-25(11-8-14-37-32(35)47)29(44)40-23-12-13-24(31(46)49-7)26(19-23)51-20-27(43)36-15-9-17-50-18-10-16-38-33(48)52-34(4,5)6/h12-13,19,21,25,28H,8-11,14-18,20H2,1-7H3,(H,36,43)(H,38,48)(H,39,42)(H,40,44)(H,41,45)(H3,35,37,47)/t25-,28-/m0/s1. The van der Waals surface area contributed by atoms with Crippen molar-refractivity contribution in [2.75, 3.05) is 51.9 Å². The minimum Gasteiger partial charge on any atom is -0.483 e. The maximum Gasteiger partial charge on any atom is 0.407 e. The summed E-state index contributed by atoms with van der Waals surface area (Å²) in [4.78, 5) is 85.8. The van der Waals surface area contributed by atoms with E-state index in [1.807, 2.05) is 0 Å². The predicted octanol–water partition coefficient (Wildman–Crippen LogP) is 1.32. The van der Waals surface area contributed by atoms with Crippen LogP contribution in [0.25, 0.3) is 0 Å². The van der Waals surface area contributed by atoms with Crippen LogP contribution in [-0.2, 0) is 33.4 Å². The van der Waals surface area contributed by atoms with Gasteiger partial charge in [0, 0.05) is 51.5 Å². The van der Waals surface area contributed by atoms with Crippen molar-refractivity contribution in [1.82, 2.24) is 26.6 Å². The molecule has 0 unspecified atom stereocenters. The quantitative estimate of drug-likeness (QED) is 0.0660. The minimum atomic E-state index is -1.09. The molecule has 18 heteroatoms. The van der Waals surface area contributed by atoms with Crippen molar-refractivity contribution < 1.29 is 52.5 Å². The maximum absolute atomic E-state index is 13.4. The van der Waals surface area contributed by atoms with E-state index >= 15 is 0 Å². The molecule has 0 aliphatic heterocycles. The summed E-state index contributed by atoms with van der Waals surface area (Å²) < 4.78 is 21.1. The van der Waals surface area contributed by atoms with E-state index < -0.39 is 66.0 Å². The average molecular weight is 738 g/mol. The Bertz CT molecular complexity index is 1370. The summed E-state index contributed by atoms with van der Waals surface area (Å²) in [6, 6.07) is 1.37. The number of hydrogen-bond acceptors (Lipinski definition) is 11. The Labute approximate surface area is 304 Å². The van der Waals surface area contributed by atoms with Crippen molar-refractivity contribution in [3.05, 3.63) is 23.8 Å². The lowest BCUT2D eigenvalue weighted by Gasteiger charge is -2.25. The molecule has 0 aliphatic rings. The van der Waals surface area contributed by atoms with Gasteiger partial charge in [-0.1, -0.05) is 13.8 Å². The van der Waals surface area contributed by atoms with Crippen LogP contribution in [0.3, 0.4) is 0 Å². The number of carbonyl (C=O) groups is 7. The van der Waals surface area contributed by atoms with Gasteiger partial charge in [-0.2, -0.15) is 0 Å². The number of amides is 7. The predicted molar refractivity (Wildman–Crippen MR) is 190 cm³/mol. The number of hydrogen-bond donors (Lipinski definition) is 7. The largest absolute Gasteiger partial charge is 0.483 e. The number of nitrogens with two attached hydrogens (primary N) is 1. The normalized spacial score (nSPS) is 12.1. The first-order valence-corrected chi connectivity index (χ1v) is 17.0. The van der Waals surface area contributed by atoms with Gasteiger partial charge in [0.15, 0.2) is 6.61 Å². The summed E-state index contributed by atoms with van der Waals surface area (Å²) >= 11 is 0. The molecule has 1 rings (SSSR count). The number of ether oxygens (including phenoxy) is 4. The topological polar surface area (TPSA) is 255 Å². The van der Waals surface area contributed by atoms with Gasteiger partial charge in [0.25, 0.3) is 5.91 Å². The van der Waals surface area contributed by atoms with Gasteiger partial charge in [0.2, 0.25) is 17.7 Å². The smallest absolute Gasteiger partial charge is 0.407 e. The second-order valence-corrected chi connectivity index (χ2v) is 13.0. The highest BCUT2D eigenvalue weighted by Crippen LogP contribution is 2.25. The van der Waals surface area contributed by atoms with Crippen LogP contribution in [0, 0.1) is 5.92 Å². The number of esters is 1. The van der Waals surface area contributed by atoms with Crippen LogP contribution in [0.15, 0.2) is 18.2 Å². The Morgan fingerprint density at radius 1 is 0.846 bits per heavy atom. The summed E-state index contributed by atoms with van der Waals surface area (Å²) in [7, 11) is 1.18. The maximum atomic E-state index is 13.4. The molecular weight excluding hydrogens is 682 g/mol. The Hall–Kier alpha value is -5.13. The van der Waals surface area contributed by atoms with Crippen molar-refractivity contribution >= 4 is 47.4 Å². The number of benzene rings is 1. The molecule has 0 bridgehead atoms. The highest BCUT2D eigenvalue weighted by Gasteiger charge is 2.28. The third-order valence-corrected chi connectivity index (χ3v) is 6.84. The van der Waals surface area contributed by atoms with Gasteiger partial charge >= 0.3 is 18.1 Å². The number of nitrogens with one attached hydrogen (secondary N) is 6. The number of methoxy groups -OCH3 is 1. The lowest BCUT2D eigenvalue weighted by molar-refractivity contribution is -0.131. The van der Waals surface area contributed by atoms with Gasteiger partial charge in [-0.25, -0.2) is 14.4 Å². The summed E-state index contributed by atoms with van der Waals surface area (Å²) in [5, 5.41) is 15.7. The fraction of sp³-hybridized carbons (Fsp3) is 0.618. The van der Waals surface area contributed by atoms with Crippen LogP contribution in [-0.4, -0.2) is 106 Å². The van der Waals surface area contributed by atoms with Crippen molar-refractivity contribution in [2.24, 2.45) is 11.7 Å². The molecule has 52 heavy (non-hydrogen) atoms. The van der Waals surface area contributed by atoms with E-state index in [4.69, 9.17) is 24.7 Å². The molecule has 0 radical (unpaired) electrons. The van der Waals surface area contributed by atoms with E-state index in [0.717, 1.165) is 0 Å². The molecule has 2 atom stereocenters. The fourth-order valence-electron chi connectivity index (χ4n) is 4.41. The number of primary amides is 1. The first kappa shape index (κ1) is 44.9. The zero-order chi connectivity index (χ0) is 39.3. The molecule has 0 saturated heterocycles. The number of carbonyl (C=O) groups excluding carboxylic acids is 7. The van der Waals surface area contributed by atoms with E-state index in [9.17, 15) is 33.6 Å². The molecule has 7 amide bonds. The first-order chi connectivity index (χ1) is 24.4. The molecule has 0 fully saturated rings. The summed E-state index contributed by atoms with van der Waals surface area (Å²) in [6.45, 7) is 11.3. The molecular formula is C34H55N7O11. The number of urea groups is 1. The molecule has 0 spiro atoms. The third kappa shape index (κ3) is 19.3. The zero-order valence-corrected chi connectivity index (χ0v) is 31.1. The van der Waals surface area contributed by atoms with Gasteiger partial charge in [0.1, 0.15) is 29.0 Å².